The fraction of sp³-hybridized carbons (Fsp3) is 0.412. The summed E-state index contributed by atoms with van der Waals surface area (Å²) in [4.78, 5) is 9.24. The number of nitrogens with zero attached hydrogens (tertiary/aromatic N) is 3. The van der Waals surface area contributed by atoms with Crippen LogP contribution in [0.15, 0.2) is 24.3 Å². The van der Waals surface area contributed by atoms with Crippen LogP contribution in [0.25, 0.3) is 21.9 Å². The number of hydrogen-bond donors (Lipinski definition) is 1. The van der Waals surface area contributed by atoms with E-state index in [2.05, 4.69) is 29.5 Å². The van der Waals surface area contributed by atoms with Crippen LogP contribution in [0, 0.1) is 5.92 Å². The summed E-state index contributed by atoms with van der Waals surface area (Å²) in [7, 11) is 1.71. The molecule has 3 aromatic rings. The third-order valence-electron chi connectivity index (χ3n) is 3.77. The number of pyridine rings is 1. The first-order valence-corrected chi connectivity index (χ1v) is 7.64. The lowest BCUT2D eigenvalue weighted by molar-refractivity contribution is 0.199. The molecule has 0 spiro atoms. The molecule has 0 aliphatic heterocycles. The first-order chi connectivity index (χ1) is 10.6. The number of imidazole rings is 1. The van der Waals surface area contributed by atoms with Crippen molar-refractivity contribution in [2.45, 2.75) is 26.8 Å². The average molecular weight is 298 g/mol. The van der Waals surface area contributed by atoms with Crippen molar-refractivity contribution < 1.29 is 4.74 Å². The molecule has 5 heteroatoms. The first kappa shape index (κ1) is 14.8. The Labute approximate surface area is 130 Å². The summed E-state index contributed by atoms with van der Waals surface area (Å²) in [5.41, 5.74) is 8.94. The van der Waals surface area contributed by atoms with Gasteiger partial charge in [0.2, 0.25) is 0 Å². The number of benzene rings is 1. The highest BCUT2D eigenvalue weighted by molar-refractivity contribution is 6.06. The minimum Gasteiger partial charge on any atom is -0.384 e. The standard InChI is InChI=1S/C17H22N4O/c1-11(2)10-21-14(8-9-22-3)20-15-16(21)12-6-4-5-7-13(12)19-17(15)18/h4-7,11H,8-10H2,1-3H3,(H2,18,19). The summed E-state index contributed by atoms with van der Waals surface area (Å²) in [6.45, 7) is 5.97. The van der Waals surface area contributed by atoms with Crippen LogP contribution in [0.3, 0.4) is 0 Å². The zero-order valence-electron chi connectivity index (χ0n) is 13.3. The number of aromatic nitrogens is 3. The minimum absolute atomic E-state index is 0.495. The fourth-order valence-corrected chi connectivity index (χ4v) is 2.85. The molecule has 1 aromatic carbocycles. The van der Waals surface area contributed by atoms with Gasteiger partial charge < -0.3 is 15.0 Å². The van der Waals surface area contributed by atoms with E-state index < -0.39 is 0 Å². The zero-order chi connectivity index (χ0) is 15.7. The molecule has 0 aliphatic rings. The summed E-state index contributed by atoms with van der Waals surface area (Å²) in [6, 6.07) is 8.09. The molecule has 0 radical (unpaired) electrons. The van der Waals surface area contributed by atoms with Gasteiger partial charge >= 0.3 is 0 Å². The number of ether oxygens (including phenoxy) is 1. The van der Waals surface area contributed by atoms with E-state index >= 15 is 0 Å². The van der Waals surface area contributed by atoms with E-state index in [0.717, 1.165) is 40.7 Å². The monoisotopic (exact) mass is 298 g/mol. The average Bonchev–Trinajstić information content (AvgIpc) is 2.84. The highest BCUT2D eigenvalue weighted by atomic mass is 16.5. The van der Waals surface area contributed by atoms with E-state index in [-0.39, 0.29) is 0 Å². The largest absolute Gasteiger partial charge is 0.384 e. The minimum atomic E-state index is 0.495. The third-order valence-corrected chi connectivity index (χ3v) is 3.77. The number of nitrogen functional groups attached to an aromatic ring is 1. The lowest BCUT2D eigenvalue weighted by atomic mass is 10.1. The number of rotatable bonds is 5. The maximum absolute atomic E-state index is 6.15. The van der Waals surface area contributed by atoms with Crippen molar-refractivity contribution in [1.82, 2.24) is 14.5 Å². The van der Waals surface area contributed by atoms with Crippen LogP contribution in [0.5, 0.6) is 0 Å². The fourth-order valence-electron chi connectivity index (χ4n) is 2.85. The molecule has 2 N–H and O–H groups in total. The molecule has 22 heavy (non-hydrogen) atoms. The topological polar surface area (TPSA) is 66.0 Å². The lowest BCUT2D eigenvalue weighted by Crippen LogP contribution is -2.10. The van der Waals surface area contributed by atoms with Gasteiger partial charge in [0.1, 0.15) is 11.3 Å². The molecule has 0 amide bonds. The SMILES string of the molecule is COCCc1nc2c(N)nc3ccccc3c2n1CC(C)C. The van der Waals surface area contributed by atoms with Crippen molar-refractivity contribution in [3.8, 4) is 0 Å². The molecule has 2 heterocycles. The van der Waals surface area contributed by atoms with Gasteiger partial charge in [-0.25, -0.2) is 9.97 Å². The summed E-state index contributed by atoms with van der Waals surface area (Å²) in [5, 5.41) is 1.10. The van der Waals surface area contributed by atoms with Gasteiger partial charge in [0, 0.05) is 25.5 Å². The first-order valence-electron chi connectivity index (χ1n) is 7.64. The molecule has 3 rings (SSSR count). The van der Waals surface area contributed by atoms with E-state index in [4.69, 9.17) is 15.5 Å². The van der Waals surface area contributed by atoms with Crippen molar-refractivity contribution in [2.75, 3.05) is 19.5 Å². The highest BCUT2D eigenvalue weighted by Gasteiger charge is 2.17. The Morgan fingerprint density at radius 3 is 2.73 bits per heavy atom. The van der Waals surface area contributed by atoms with Gasteiger partial charge in [-0.2, -0.15) is 0 Å². The van der Waals surface area contributed by atoms with Crippen LogP contribution in [-0.2, 0) is 17.7 Å². The second kappa shape index (κ2) is 5.93. The van der Waals surface area contributed by atoms with E-state index in [1.54, 1.807) is 7.11 Å². The summed E-state index contributed by atoms with van der Waals surface area (Å²) in [5.74, 6) is 2.03. The molecule has 0 bridgehead atoms. The van der Waals surface area contributed by atoms with Crippen molar-refractivity contribution in [1.29, 1.82) is 0 Å². The van der Waals surface area contributed by atoms with E-state index in [0.29, 0.717) is 18.3 Å². The molecule has 5 nitrogen and oxygen atoms in total. The molecule has 0 fully saturated rings. The molecule has 0 atom stereocenters. The second-order valence-corrected chi connectivity index (χ2v) is 5.99. The smallest absolute Gasteiger partial charge is 0.152 e. The van der Waals surface area contributed by atoms with Crippen molar-refractivity contribution in [3.63, 3.8) is 0 Å². The molecule has 0 unspecified atom stereocenters. The Balaban J connectivity index is 2.32. The van der Waals surface area contributed by atoms with Gasteiger partial charge in [-0.1, -0.05) is 32.0 Å². The van der Waals surface area contributed by atoms with Gasteiger partial charge in [-0.05, 0) is 12.0 Å². The molecule has 0 aliphatic carbocycles. The van der Waals surface area contributed by atoms with Gasteiger partial charge in [0.15, 0.2) is 5.82 Å². The molecule has 2 aromatic heterocycles. The van der Waals surface area contributed by atoms with Gasteiger partial charge in [0.05, 0.1) is 17.6 Å². The summed E-state index contributed by atoms with van der Waals surface area (Å²) < 4.78 is 7.50. The van der Waals surface area contributed by atoms with Crippen LogP contribution in [0.1, 0.15) is 19.7 Å². The number of nitrogens with two attached hydrogens (primary N) is 1. The summed E-state index contributed by atoms with van der Waals surface area (Å²) >= 11 is 0. The van der Waals surface area contributed by atoms with Crippen LogP contribution < -0.4 is 5.73 Å². The zero-order valence-corrected chi connectivity index (χ0v) is 13.3. The van der Waals surface area contributed by atoms with E-state index in [9.17, 15) is 0 Å². The third kappa shape index (κ3) is 2.52. The molecule has 0 saturated heterocycles. The Morgan fingerprint density at radius 2 is 2.00 bits per heavy atom. The maximum Gasteiger partial charge on any atom is 0.152 e. The maximum atomic E-state index is 6.15. The van der Waals surface area contributed by atoms with Crippen molar-refractivity contribution in [3.05, 3.63) is 30.1 Å². The second-order valence-electron chi connectivity index (χ2n) is 5.99. The van der Waals surface area contributed by atoms with Crippen molar-refractivity contribution >= 4 is 27.8 Å². The number of para-hydroxylation sites is 1. The predicted octanol–water partition coefficient (Wildman–Crippen LogP) is 3.01. The van der Waals surface area contributed by atoms with Gasteiger partial charge in [-0.15, -0.1) is 0 Å². The van der Waals surface area contributed by atoms with E-state index in [1.807, 2.05) is 18.2 Å². The predicted molar refractivity (Wildman–Crippen MR) is 89.9 cm³/mol. The normalized spacial score (nSPS) is 11.8. The van der Waals surface area contributed by atoms with Crippen LogP contribution >= 0.6 is 0 Å². The summed E-state index contributed by atoms with van der Waals surface area (Å²) in [6.07, 6.45) is 0.770. The molecular formula is C17H22N4O. The van der Waals surface area contributed by atoms with Gasteiger partial charge in [-0.3, -0.25) is 0 Å². The van der Waals surface area contributed by atoms with Crippen molar-refractivity contribution in [2.24, 2.45) is 5.92 Å². The van der Waals surface area contributed by atoms with Gasteiger partial charge in [0.25, 0.3) is 0 Å². The quantitative estimate of drug-likeness (QED) is 0.786. The number of methoxy groups -OCH3 is 1. The molecule has 116 valence electrons. The number of fused-ring (bicyclic) bond motifs is 3. The van der Waals surface area contributed by atoms with Crippen LogP contribution in [0.4, 0.5) is 5.82 Å². The molecule has 0 saturated carbocycles. The molecular weight excluding hydrogens is 276 g/mol. The lowest BCUT2D eigenvalue weighted by Gasteiger charge is -2.13. The van der Waals surface area contributed by atoms with Crippen LogP contribution in [-0.4, -0.2) is 28.3 Å². The highest BCUT2D eigenvalue weighted by Crippen LogP contribution is 2.29. The Kier molecular flexibility index (Phi) is 3.98. The Morgan fingerprint density at radius 1 is 1.23 bits per heavy atom. The van der Waals surface area contributed by atoms with Crippen LogP contribution in [0.2, 0.25) is 0 Å². The Hall–Kier alpha value is -2.14. The Bertz CT molecular complexity index is 807. The number of hydrogen-bond acceptors (Lipinski definition) is 4. The number of anilines is 1. The van der Waals surface area contributed by atoms with E-state index in [1.165, 1.54) is 0 Å².